The minimum Gasteiger partial charge on any atom is -0.377 e. The zero-order valence-electron chi connectivity index (χ0n) is 17.1. The number of amidine groups is 1. The van der Waals surface area contributed by atoms with Gasteiger partial charge in [0.15, 0.2) is 10.9 Å². The summed E-state index contributed by atoms with van der Waals surface area (Å²) in [4.78, 5) is 17.4. The lowest BCUT2D eigenvalue weighted by Crippen LogP contribution is -2.19. The number of nitrogens with zero attached hydrogens (tertiary/aromatic N) is 1. The van der Waals surface area contributed by atoms with E-state index >= 15 is 0 Å². The Kier molecular flexibility index (Phi) is 7.08. The average molecular weight is 608 g/mol. The van der Waals surface area contributed by atoms with Crippen molar-refractivity contribution in [3.63, 3.8) is 0 Å². The summed E-state index contributed by atoms with van der Waals surface area (Å²) in [5.74, 6) is -0.142. The molecule has 1 heterocycles. The fraction of sp³-hybridized carbons (Fsp3) is 0.0435. The SMILES string of the molecule is Cc1ccc(N=C2NC(=O)/C(=C/c3cc(Br)c(OS(=O)(=O)c4ccccc4)c(Br)c3)S2)cc1. The smallest absolute Gasteiger partial charge is 0.339 e. The number of aliphatic imine (C=N–C) groups is 1. The van der Waals surface area contributed by atoms with Crippen molar-refractivity contribution in [3.8, 4) is 5.75 Å². The highest BCUT2D eigenvalue weighted by molar-refractivity contribution is 9.11. The van der Waals surface area contributed by atoms with E-state index in [4.69, 9.17) is 4.18 Å². The number of carbonyl (C=O) groups excluding carboxylic acids is 1. The van der Waals surface area contributed by atoms with Crippen molar-refractivity contribution in [1.82, 2.24) is 5.32 Å². The average Bonchev–Trinajstić information content (AvgIpc) is 3.11. The summed E-state index contributed by atoms with van der Waals surface area (Å²) in [6, 6.07) is 18.9. The Labute approximate surface area is 212 Å². The van der Waals surface area contributed by atoms with Gasteiger partial charge in [0.25, 0.3) is 5.91 Å². The van der Waals surface area contributed by atoms with Gasteiger partial charge in [-0.2, -0.15) is 8.42 Å². The van der Waals surface area contributed by atoms with E-state index in [-0.39, 0.29) is 16.6 Å². The van der Waals surface area contributed by atoms with Gasteiger partial charge in [0.2, 0.25) is 0 Å². The van der Waals surface area contributed by atoms with E-state index < -0.39 is 10.1 Å². The van der Waals surface area contributed by atoms with Gasteiger partial charge in [-0.25, -0.2) is 4.99 Å². The topological polar surface area (TPSA) is 84.8 Å². The normalized spacial score (nSPS) is 16.3. The van der Waals surface area contributed by atoms with Crippen LogP contribution in [0.3, 0.4) is 0 Å². The summed E-state index contributed by atoms with van der Waals surface area (Å²) >= 11 is 7.97. The minimum absolute atomic E-state index is 0.0504. The molecule has 0 saturated carbocycles. The Bertz CT molecular complexity index is 1360. The fourth-order valence-electron chi connectivity index (χ4n) is 2.86. The zero-order valence-corrected chi connectivity index (χ0v) is 21.9. The molecule has 3 aromatic rings. The van der Waals surface area contributed by atoms with Gasteiger partial charge < -0.3 is 9.50 Å². The van der Waals surface area contributed by atoms with E-state index in [1.54, 1.807) is 36.4 Å². The van der Waals surface area contributed by atoms with E-state index in [1.165, 1.54) is 23.9 Å². The maximum atomic E-state index is 12.6. The fourth-order valence-corrected chi connectivity index (χ4v) is 6.28. The van der Waals surface area contributed by atoms with Crippen LogP contribution in [-0.4, -0.2) is 19.5 Å². The first-order chi connectivity index (χ1) is 15.7. The third-order valence-electron chi connectivity index (χ3n) is 4.46. The summed E-state index contributed by atoms with van der Waals surface area (Å²) in [6.07, 6.45) is 1.70. The Morgan fingerprint density at radius 3 is 2.27 bits per heavy atom. The number of benzene rings is 3. The van der Waals surface area contributed by atoms with E-state index in [0.717, 1.165) is 11.3 Å². The Morgan fingerprint density at radius 1 is 1.00 bits per heavy atom. The first-order valence-electron chi connectivity index (χ1n) is 9.56. The van der Waals surface area contributed by atoms with Crippen LogP contribution in [-0.2, 0) is 14.9 Å². The molecule has 0 aromatic heterocycles. The van der Waals surface area contributed by atoms with Crippen LogP contribution in [0.2, 0.25) is 0 Å². The number of hydrogen-bond donors (Lipinski definition) is 1. The van der Waals surface area contributed by atoms with Gasteiger partial charge in [-0.1, -0.05) is 35.9 Å². The molecule has 33 heavy (non-hydrogen) atoms. The predicted octanol–water partition coefficient (Wildman–Crippen LogP) is 6.18. The molecule has 0 atom stereocenters. The van der Waals surface area contributed by atoms with Gasteiger partial charge in [0, 0.05) is 0 Å². The maximum Gasteiger partial charge on any atom is 0.339 e. The van der Waals surface area contributed by atoms with Crippen LogP contribution in [0.5, 0.6) is 5.75 Å². The molecule has 0 aliphatic carbocycles. The summed E-state index contributed by atoms with van der Waals surface area (Å²) in [5.41, 5.74) is 2.55. The third kappa shape index (κ3) is 5.75. The number of aryl methyl sites for hydroxylation is 1. The van der Waals surface area contributed by atoms with Crippen LogP contribution in [0, 0.1) is 6.92 Å². The zero-order chi connectivity index (χ0) is 23.6. The van der Waals surface area contributed by atoms with Crippen molar-refractivity contribution in [2.45, 2.75) is 11.8 Å². The standard InChI is InChI=1S/C23H16Br2N2O4S2/c1-14-7-9-16(10-8-14)26-23-27-22(28)20(32-23)13-15-11-18(24)21(19(25)12-15)31-33(29,30)17-5-3-2-4-6-17/h2-13H,1H3,(H,26,27,28)/b20-13-. The number of nitrogens with one attached hydrogen (secondary N) is 1. The van der Waals surface area contributed by atoms with Crippen LogP contribution >= 0.6 is 43.6 Å². The first-order valence-corrected chi connectivity index (χ1v) is 13.4. The molecule has 10 heteroatoms. The lowest BCUT2D eigenvalue weighted by molar-refractivity contribution is -0.115. The van der Waals surface area contributed by atoms with Crippen molar-refractivity contribution in [1.29, 1.82) is 0 Å². The van der Waals surface area contributed by atoms with Gasteiger partial charge in [0.1, 0.15) is 4.90 Å². The molecular formula is C23H16Br2N2O4S2. The van der Waals surface area contributed by atoms with Crippen molar-refractivity contribution in [3.05, 3.63) is 91.7 Å². The highest BCUT2D eigenvalue weighted by atomic mass is 79.9. The van der Waals surface area contributed by atoms with Crippen LogP contribution in [0.1, 0.15) is 11.1 Å². The van der Waals surface area contributed by atoms with Gasteiger partial charge in [0.05, 0.1) is 19.5 Å². The monoisotopic (exact) mass is 606 g/mol. The molecule has 1 aliphatic rings. The molecule has 0 unspecified atom stereocenters. The highest BCUT2D eigenvalue weighted by Crippen LogP contribution is 2.38. The Morgan fingerprint density at radius 2 is 1.64 bits per heavy atom. The second-order valence-electron chi connectivity index (χ2n) is 6.98. The van der Waals surface area contributed by atoms with Gasteiger partial charge in [-0.15, -0.1) is 0 Å². The molecule has 3 aromatic carbocycles. The lowest BCUT2D eigenvalue weighted by Gasteiger charge is -2.11. The van der Waals surface area contributed by atoms with E-state index in [9.17, 15) is 13.2 Å². The Hall–Kier alpha value is -2.40. The van der Waals surface area contributed by atoms with Gasteiger partial charge in [-0.05, 0) is 98.6 Å². The summed E-state index contributed by atoms with van der Waals surface area (Å²) in [7, 11) is -4.00. The van der Waals surface area contributed by atoms with E-state index in [1.807, 2.05) is 31.2 Å². The molecule has 6 nitrogen and oxygen atoms in total. The molecule has 4 rings (SSSR count). The van der Waals surface area contributed by atoms with Crippen molar-refractivity contribution in [2.24, 2.45) is 4.99 Å². The minimum atomic E-state index is -4.00. The molecule has 1 N–H and O–H groups in total. The largest absolute Gasteiger partial charge is 0.377 e. The van der Waals surface area contributed by atoms with Crippen LogP contribution in [0.15, 0.2) is 90.5 Å². The van der Waals surface area contributed by atoms with Crippen molar-refractivity contribution < 1.29 is 17.4 Å². The van der Waals surface area contributed by atoms with Crippen molar-refractivity contribution in [2.75, 3.05) is 0 Å². The molecule has 1 amide bonds. The van der Waals surface area contributed by atoms with Gasteiger partial charge >= 0.3 is 10.1 Å². The summed E-state index contributed by atoms with van der Waals surface area (Å²) in [5, 5.41) is 3.24. The van der Waals surface area contributed by atoms with Gasteiger partial charge in [-0.3, -0.25) is 4.79 Å². The molecule has 1 aliphatic heterocycles. The number of amides is 1. The van der Waals surface area contributed by atoms with Crippen LogP contribution in [0.25, 0.3) is 6.08 Å². The number of hydrogen-bond acceptors (Lipinski definition) is 6. The second-order valence-corrected chi connectivity index (χ2v) is 11.3. The number of rotatable bonds is 5. The lowest BCUT2D eigenvalue weighted by atomic mass is 10.2. The van der Waals surface area contributed by atoms with Crippen LogP contribution in [0.4, 0.5) is 5.69 Å². The molecule has 0 spiro atoms. The van der Waals surface area contributed by atoms with Crippen LogP contribution < -0.4 is 9.50 Å². The predicted molar refractivity (Wildman–Crippen MR) is 138 cm³/mol. The van der Waals surface area contributed by atoms with E-state index in [2.05, 4.69) is 42.2 Å². The quantitative estimate of drug-likeness (QED) is 0.277. The number of carbonyl (C=O) groups is 1. The molecule has 0 radical (unpaired) electrons. The molecule has 1 fully saturated rings. The molecular weight excluding hydrogens is 592 g/mol. The Balaban J connectivity index is 1.57. The second kappa shape index (κ2) is 9.84. The molecule has 0 bridgehead atoms. The summed E-state index contributed by atoms with van der Waals surface area (Å²) < 4.78 is 31.3. The highest BCUT2D eigenvalue weighted by Gasteiger charge is 2.25. The number of thioether (sulfide) groups is 1. The molecule has 1 saturated heterocycles. The maximum absolute atomic E-state index is 12.6. The van der Waals surface area contributed by atoms with E-state index in [0.29, 0.717) is 24.6 Å². The molecule has 168 valence electrons. The third-order valence-corrected chi connectivity index (χ3v) is 7.78. The summed E-state index contributed by atoms with van der Waals surface area (Å²) in [6.45, 7) is 1.99. The van der Waals surface area contributed by atoms with Crippen molar-refractivity contribution >= 4 is 76.6 Å². The first kappa shape index (κ1) is 23.7. The number of halogens is 2.